The molecule has 1 aliphatic carbocycles. The average Bonchev–Trinajstić information content (AvgIpc) is 3.59. The summed E-state index contributed by atoms with van der Waals surface area (Å²) in [7, 11) is 0. The molecule has 1 saturated carbocycles. The van der Waals surface area contributed by atoms with Crippen LogP contribution < -0.4 is 15.5 Å². The molecule has 0 unspecified atom stereocenters. The first-order valence-corrected chi connectivity index (χ1v) is 12.8. The maximum absolute atomic E-state index is 12.8. The Bertz CT molecular complexity index is 1160. The Balaban J connectivity index is 1.30. The van der Waals surface area contributed by atoms with E-state index in [4.69, 9.17) is 0 Å². The molecule has 2 aromatic carbocycles. The first kappa shape index (κ1) is 22.5. The van der Waals surface area contributed by atoms with Crippen molar-refractivity contribution >= 4 is 35.2 Å². The van der Waals surface area contributed by atoms with Gasteiger partial charge in [-0.15, -0.1) is 10.2 Å². The van der Waals surface area contributed by atoms with Crippen LogP contribution in [0.15, 0.2) is 59.8 Å². The topological polar surface area (TPSA) is 92.2 Å². The van der Waals surface area contributed by atoms with Crippen LogP contribution in [0.2, 0.25) is 0 Å². The molecule has 2 N–H and O–H groups in total. The predicted octanol–water partition coefficient (Wildman–Crippen LogP) is 3.88. The molecule has 8 nitrogen and oxygen atoms in total. The fourth-order valence-electron chi connectivity index (χ4n) is 4.05. The average molecular weight is 477 g/mol. The second-order valence-electron chi connectivity index (χ2n) is 8.63. The lowest BCUT2D eigenvalue weighted by atomic mass is 10.1. The molecule has 1 aliphatic heterocycles. The zero-order valence-corrected chi connectivity index (χ0v) is 19.8. The molecule has 9 heteroatoms. The zero-order chi connectivity index (χ0) is 23.3. The summed E-state index contributed by atoms with van der Waals surface area (Å²) in [6.45, 7) is 1.91. The minimum atomic E-state index is -0.196. The Morgan fingerprint density at radius 1 is 0.941 bits per heavy atom. The lowest BCUT2D eigenvalue weighted by Crippen LogP contribution is -2.31. The third-order valence-corrected chi connectivity index (χ3v) is 6.89. The standard InChI is InChI=1S/C25H28N6O2S/c32-22(27-21-12-6-5-11-20(21)23(33)26-18-13-14-18)17-34-25-29-28-24(30-15-7-2-8-16-30)31(25)19-9-3-1-4-10-19/h1,3-6,9-12,18H,2,7-8,13-17H2,(H,26,33)(H,27,32). The number of hydrogen-bond donors (Lipinski definition) is 2. The van der Waals surface area contributed by atoms with Crippen LogP contribution in [-0.4, -0.2) is 51.5 Å². The minimum Gasteiger partial charge on any atom is -0.349 e. The van der Waals surface area contributed by atoms with E-state index in [0.717, 1.165) is 50.4 Å². The first-order valence-electron chi connectivity index (χ1n) is 11.8. The van der Waals surface area contributed by atoms with Crippen LogP contribution in [0.4, 0.5) is 11.6 Å². The quantitative estimate of drug-likeness (QED) is 0.480. The number of benzene rings is 2. The van der Waals surface area contributed by atoms with E-state index in [9.17, 15) is 9.59 Å². The van der Waals surface area contributed by atoms with Gasteiger partial charge in [-0.2, -0.15) is 0 Å². The lowest BCUT2D eigenvalue weighted by molar-refractivity contribution is -0.113. The third-order valence-electron chi connectivity index (χ3n) is 5.96. The molecule has 3 aromatic rings. The van der Waals surface area contributed by atoms with Gasteiger partial charge in [-0.3, -0.25) is 14.2 Å². The Morgan fingerprint density at radius 3 is 2.44 bits per heavy atom. The first-order chi connectivity index (χ1) is 16.7. The van der Waals surface area contributed by atoms with Crippen molar-refractivity contribution in [2.45, 2.75) is 43.3 Å². The molecule has 1 saturated heterocycles. The molecule has 1 aromatic heterocycles. The van der Waals surface area contributed by atoms with Crippen molar-refractivity contribution < 1.29 is 9.59 Å². The van der Waals surface area contributed by atoms with E-state index in [1.54, 1.807) is 18.2 Å². The summed E-state index contributed by atoms with van der Waals surface area (Å²) in [5.41, 5.74) is 1.97. The number of nitrogens with zero attached hydrogens (tertiary/aromatic N) is 4. The lowest BCUT2D eigenvalue weighted by Gasteiger charge is -2.27. The number of piperidine rings is 1. The molecule has 5 rings (SSSR count). The summed E-state index contributed by atoms with van der Waals surface area (Å²) in [5, 5.41) is 15.4. The monoisotopic (exact) mass is 476 g/mol. The fraction of sp³-hybridized carbons (Fsp3) is 0.360. The number of anilines is 2. The molecule has 2 aliphatic rings. The van der Waals surface area contributed by atoms with Crippen molar-refractivity contribution in [3.63, 3.8) is 0 Å². The molecule has 2 amide bonds. The third kappa shape index (κ3) is 5.25. The van der Waals surface area contributed by atoms with Crippen molar-refractivity contribution in [2.75, 3.05) is 29.1 Å². The van der Waals surface area contributed by atoms with Gasteiger partial charge in [-0.05, 0) is 56.4 Å². The molecule has 2 fully saturated rings. The van der Waals surface area contributed by atoms with Gasteiger partial charge >= 0.3 is 0 Å². The second-order valence-corrected chi connectivity index (χ2v) is 9.57. The van der Waals surface area contributed by atoms with Crippen molar-refractivity contribution in [1.82, 2.24) is 20.1 Å². The van der Waals surface area contributed by atoms with E-state index in [1.807, 2.05) is 41.0 Å². The number of amides is 2. The van der Waals surface area contributed by atoms with Crippen LogP contribution in [0.1, 0.15) is 42.5 Å². The van der Waals surface area contributed by atoms with E-state index in [2.05, 4.69) is 25.7 Å². The zero-order valence-electron chi connectivity index (χ0n) is 18.9. The highest BCUT2D eigenvalue weighted by atomic mass is 32.2. The van der Waals surface area contributed by atoms with Crippen molar-refractivity contribution in [3.8, 4) is 5.69 Å². The molecular formula is C25H28N6O2S. The Hall–Kier alpha value is -3.33. The molecular weight excluding hydrogens is 448 g/mol. The highest BCUT2D eigenvalue weighted by molar-refractivity contribution is 7.99. The highest BCUT2D eigenvalue weighted by Gasteiger charge is 2.25. The second kappa shape index (κ2) is 10.3. The highest BCUT2D eigenvalue weighted by Crippen LogP contribution is 2.28. The van der Waals surface area contributed by atoms with Gasteiger partial charge in [0.15, 0.2) is 5.16 Å². The van der Waals surface area contributed by atoms with Gasteiger partial charge in [0.05, 0.1) is 22.7 Å². The minimum absolute atomic E-state index is 0.152. The van der Waals surface area contributed by atoms with E-state index in [-0.39, 0.29) is 23.6 Å². The van der Waals surface area contributed by atoms with Gasteiger partial charge in [0.25, 0.3) is 5.91 Å². The number of carbonyl (C=O) groups excluding carboxylic acids is 2. The van der Waals surface area contributed by atoms with Gasteiger partial charge in [-0.1, -0.05) is 42.1 Å². The summed E-state index contributed by atoms with van der Waals surface area (Å²) in [4.78, 5) is 27.6. The number of carbonyl (C=O) groups is 2. The van der Waals surface area contributed by atoms with Gasteiger partial charge in [-0.25, -0.2) is 0 Å². The smallest absolute Gasteiger partial charge is 0.253 e. The molecule has 176 valence electrons. The van der Waals surface area contributed by atoms with Crippen LogP contribution >= 0.6 is 11.8 Å². The largest absolute Gasteiger partial charge is 0.349 e. The maximum Gasteiger partial charge on any atom is 0.253 e. The molecule has 0 bridgehead atoms. The van der Waals surface area contributed by atoms with Crippen molar-refractivity contribution in [2.24, 2.45) is 0 Å². The predicted molar refractivity (Wildman–Crippen MR) is 134 cm³/mol. The van der Waals surface area contributed by atoms with E-state index in [0.29, 0.717) is 16.4 Å². The number of aromatic nitrogens is 3. The van der Waals surface area contributed by atoms with Crippen LogP contribution in [0, 0.1) is 0 Å². The van der Waals surface area contributed by atoms with E-state index < -0.39 is 0 Å². The summed E-state index contributed by atoms with van der Waals surface area (Å²) < 4.78 is 2.03. The van der Waals surface area contributed by atoms with Gasteiger partial charge in [0.1, 0.15) is 0 Å². The van der Waals surface area contributed by atoms with Crippen LogP contribution in [0.3, 0.4) is 0 Å². The molecule has 0 radical (unpaired) electrons. The van der Waals surface area contributed by atoms with Crippen LogP contribution in [-0.2, 0) is 4.79 Å². The molecule has 34 heavy (non-hydrogen) atoms. The molecule has 2 heterocycles. The summed E-state index contributed by atoms with van der Waals surface area (Å²) in [6, 6.07) is 17.4. The van der Waals surface area contributed by atoms with Gasteiger partial charge < -0.3 is 15.5 Å². The van der Waals surface area contributed by atoms with E-state index in [1.165, 1.54) is 18.2 Å². The van der Waals surface area contributed by atoms with Crippen LogP contribution in [0.5, 0.6) is 0 Å². The fourth-order valence-corrected chi connectivity index (χ4v) is 4.80. The van der Waals surface area contributed by atoms with Crippen molar-refractivity contribution in [1.29, 1.82) is 0 Å². The molecule has 0 atom stereocenters. The number of para-hydroxylation sites is 2. The van der Waals surface area contributed by atoms with Gasteiger partial charge in [0, 0.05) is 19.1 Å². The number of rotatable bonds is 8. The Kier molecular flexibility index (Phi) is 6.80. The van der Waals surface area contributed by atoms with Crippen LogP contribution in [0.25, 0.3) is 5.69 Å². The summed E-state index contributed by atoms with van der Waals surface area (Å²) in [6.07, 6.45) is 5.54. The normalized spacial score (nSPS) is 15.7. The SMILES string of the molecule is O=C(CSc1nnc(N2CCCCC2)n1-c1ccccc1)Nc1ccccc1C(=O)NC1CC1. The van der Waals surface area contributed by atoms with E-state index >= 15 is 0 Å². The number of hydrogen-bond acceptors (Lipinski definition) is 6. The number of nitrogens with one attached hydrogen (secondary N) is 2. The van der Waals surface area contributed by atoms with Gasteiger partial charge in [0.2, 0.25) is 11.9 Å². The maximum atomic E-state index is 12.8. The Morgan fingerprint density at radius 2 is 1.68 bits per heavy atom. The summed E-state index contributed by atoms with van der Waals surface area (Å²) >= 11 is 1.34. The number of thioether (sulfide) groups is 1. The Labute approximate surface area is 203 Å². The molecule has 0 spiro atoms. The summed E-state index contributed by atoms with van der Waals surface area (Å²) in [5.74, 6) is 0.625. The van der Waals surface area contributed by atoms with Crippen molar-refractivity contribution in [3.05, 3.63) is 60.2 Å².